The van der Waals surface area contributed by atoms with Gasteiger partial charge in [-0.1, -0.05) is 30.8 Å². The normalized spacial score (nSPS) is 12.5. The van der Waals surface area contributed by atoms with Crippen molar-refractivity contribution < 1.29 is 0 Å². The number of hydrogen-bond acceptors (Lipinski definition) is 0. The summed E-state index contributed by atoms with van der Waals surface area (Å²) >= 11 is 3.79. The molecule has 0 saturated carbocycles. The number of hydrogen-bond donors (Lipinski definition) is 0. The van der Waals surface area contributed by atoms with E-state index in [1.54, 1.807) is 0 Å². The molecule has 0 unspecified atom stereocenters. The molecule has 0 N–H and O–H groups in total. The molecule has 66 valence electrons. The van der Waals surface area contributed by atoms with E-state index in [9.17, 15) is 0 Å². The Morgan fingerprint density at radius 3 is 2.36 bits per heavy atom. The van der Waals surface area contributed by atoms with Crippen molar-refractivity contribution in [3.05, 3.63) is 11.3 Å². The lowest BCUT2D eigenvalue weighted by molar-refractivity contribution is 1.36. The fraction of sp³-hybridized carbons (Fsp3) is 0.750. The van der Waals surface area contributed by atoms with Crippen LogP contribution in [-0.4, -0.2) is 16.2 Å². The van der Waals surface area contributed by atoms with E-state index in [0.29, 0.717) is 0 Å². The lowest BCUT2D eigenvalue weighted by atomic mass is 10.4. The van der Waals surface area contributed by atoms with Crippen molar-refractivity contribution in [3.63, 3.8) is 0 Å². The van der Waals surface area contributed by atoms with Crippen LogP contribution in [0.1, 0.15) is 13.8 Å². The molecule has 3 heteroatoms. The van der Waals surface area contributed by atoms with E-state index < -0.39 is 6.69 Å². The van der Waals surface area contributed by atoms with E-state index in [4.69, 9.17) is 0 Å². The van der Waals surface area contributed by atoms with Crippen LogP contribution in [0.25, 0.3) is 0 Å². The van der Waals surface area contributed by atoms with E-state index >= 15 is 0 Å². The SMILES string of the molecule is CC(C)=C[SiH2]CC[Si](C)(C)Br. The van der Waals surface area contributed by atoms with Crippen LogP contribution >= 0.6 is 15.3 Å². The van der Waals surface area contributed by atoms with Gasteiger partial charge in [-0.25, -0.2) is 0 Å². The van der Waals surface area contributed by atoms with Gasteiger partial charge in [0.05, 0.1) is 0 Å². The monoisotopic (exact) mass is 250 g/mol. The first kappa shape index (κ1) is 11.7. The topological polar surface area (TPSA) is 0 Å². The predicted octanol–water partition coefficient (Wildman–Crippen LogP) is 3.10. The molecule has 0 rings (SSSR count). The maximum Gasteiger partial charge on any atom is 0.124 e. The van der Waals surface area contributed by atoms with Crippen LogP contribution in [0.15, 0.2) is 11.3 Å². The Hall–Kier alpha value is 0.654. The van der Waals surface area contributed by atoms with E-state index in [-0.39, 0.29) is 9.52 Å². The third kappa shape index (κ3) is 10.7. The average Bonchev–Trinajstić information content (AvgIpc) is 1.78. The molecule has 0 saturated heterocycles. The molecule has 0 spiro atoms. The maximum atomic E-state index is 3.79. The van der Waals surface area contributed by atoms with Gasteiger partial charge in [0.15, 0.2) is 0 Å². The van der Waals surface area contributed by atoms with Gasteiger partial charge in [-0.05, 0) is 13.8 Å². The van der Waals surface area contributed by atoms with E-state index in [2.05, 4.69) is 47.9 Å². The third-order valence-electron chi connectivity index (χ3n) is 1.53. The highest BCUT2D eigenvalue weighted by Gasteiger charge is 2.13. The molecule has 0 nitrogen and oxygen atoms in total. The van der Waals surface area contributed by atoms with Gasteiger partial charge < -0.3 is 0 Å². The van der Waals surface area contributed by atoms with E-state index in [0.717, 1.165) is 0 Å². The molecule has 0 aromatic heterocycles. The van der Waals surface area contributed by atoms with Gasteiger partial charge in [0, 0.05) is 9.52 Å². The zero-order valence-corrected chi connectivity index (χ0v) is 12.1. The summed E-state index contributed by atoms with van der Waals surface area (Å²) in [6.07, 6.45) is 0. The summed E-state index contributed by atoms with van der Waals surface area (Å²) in [5.74, 6) is 0. The minimum atomic E-state index is -0.911. The smallest absolute Gasteiger partial charge is 0.124 e. The standard InChI is InChI=1S/C8H19BrSi2/c1-8(2)7-10-5-6-11(3,4)9/h7H,5-6,10H2,1-4H3. The summed E-state index contributed by atoms with van der Waals surface area (Å²) in [6, 6.07) is 2.93. The Labute approximate surface area is 81.9 Å². The Morgan fingerprint density at radius 2 is 2.00 bits per heavy atom. The molecule has 0 aromatic rings. The van der Waals surface area contributed by atoms with Crippen molar-refractivity contribution in [3.8, 4) is 0 Å². The van der Waals surface area contributed by atoms with Gasteiger partial charge in [0.2, 0.25) is 0 Å². The maximum absolute atomic E-state index is 3.79. The van der Waals surface area contributed by atoms with Crippen LogP contribution in [0.4, 0.5) is 0 Å². The summed E-state index contributed by atoms with van der Waals surface area (Å²) in [5, 5.41) is 0. The molecular weight excluding hydrogens is 232 g/mol. The van der Waals surface area contributed by atoms with Crippen molar-refractivity contribution in [1.82, 2.24) is 0 Å². The van der Waals surface area contributed by atoms with Crippen LogP contribution in [0, 0.1) is 0 Å². The Bertz CT molecular complexity index is 132. The molecule has 0 fully saturated rings. The van der Waals surface area contributed by atoms with Crippen molar-refractivity contribution in [2.24, 2.45) is 0 Å². The molecular formula is C8H19BrSi2. The minimum Gasteiger partial charge on any atom is -0.127 e. The summed E-state index contributed by atoms with van der Waals surface area (Å²) in [6.45, 7) is 8.24. The highest BCUT2D eigenvalue weighted by atomic mass is 79.9. The Balaban J connectivity index is 3.36. The quantitative estimate of drug-likeness (QED) is 0.409. The van der Waals surface area contributed by atoms with Crippen LogP contribution < -0.4 is 0 Å². The Morgan fingerprint density at radius 1 is 1.45 bits per heavy atom. The second kappa shape index (κ2) is 5.33. The van der Waals surface area contributed by atoms with Crippen molar-refractivity contribution >= 4 is 31.5 Å². The van der Waals surface area contributed by atoms with Crippen LogP contribution in [0.5, 0.6) is 0 Å². The summed E-state index contributed by atoms with van der Waals surface area (Å²) in [5.41, 5.74) is 3.97. The van der Waals surface area contributed by atoms with Crippen molar-refractivity contribution in [1.29, 1.82) is 0 Å². The molecule has 0 aliphatic heterocycles. The fourth-order valence-corrected chi connectivity index (χ4v) is 8.40. The van der Waals surface area contributed by atoms with Crippen LogP contribution in [0.3, 0.4) is 0 Å². The van der Waals surface area contributed by atoms with Gasteiger partial charge in [-0.15, -0.1) is 21.0 Å². The van der Waals surface area contributed by atoms with Crippen molar-refractivity contribution in [2.75, 3.05) is 0 Å². The largest absolute Gasteiger partial charge is 0.127 e. The highest BCUT2D eigenvalue weighted by molar-refractivity contribution is 9.26. The third-order valence-corrected chi connectivity index (χ3v) is 6.83. The van der Waals surface area contributed by atoms with Gasteiger partial charge in [0.25, 0.3) is 0 Å². The van der Waals surface area contributed by atoms with Crippen molar-refractivity contribution in [2.45, 2.75) is 39.0 Å². The molecule has 0 bridgehead atoms. The first-order valence-corrected chi connectivity index (χ1v) is 11.5. The number of rotatable bonds is 4. The zero-order valence-electron chi connectivity index (χ0n) is 8.08. The first-order valence-electron chi connectivity index (χ1n) is 4.24. The van der Waals surface area contributed by atoms with Gasteiger partial charge in [-0.3, -0.25) is 0 Å². The second-order valence-corrected chi connectivity index (χ2v) is 16.0. The van der Waals surface area contributed by atoms with E-state index in [1.807, 2.05) is 0 Å². The lowest BCUT2D eigenvalue weighted by Crippen LogP contribution is -2.14. The molecule has 0 amide bonds. The first-order chi connectivity index (χ1) is 4.92. The highest BCUT2D eigenvalue weighted by Crippen LogP contribution is 2.18. The van der Waals surface area contributed by atoms with Gasteiger partial charge in [-0.2, -0.15) is 0 Å². The van der Waals surface area contributed by atoms with E-state index in [1.165, 1.54) is 17.7 Å². The molecule has 0 aliphatic rings. The molecule has 0 atom stereocenters. The minimum absolute atomic E-state index is 0.127. The van der Waals surface area contributed by atoms with Crippen LogP contribution in [-0.2, 0) is 0 Å². The zero-order chi connectivity index (χ0) is 8.91. The summed E-state index contributed by atoms with van der Waals surface area (Å²) < 4.78 is 0. The molecule has 0 aliphatic carbocycles. The van der Waals surface area contributed by atoms with Gasteiger partial charge >= 0.3 is 0 Å². The molecule has 0 heterocycles. The van der Waals surface area contributed by atoms with Gasteiger partial charge in [0.1, 0.15) is 6.69 Å². The molecule has 0 aromatic carbocycles. The summed E-state index contributed by atoms with van der Waals surface area (Å²) in [7, 11) is 0.127. The lowest BCUT2D eigenvalue weighted by Gasteiger charge is -2.11. The number of allylic oxidation sites excluding steroid dienone is 1. The summed E-state index contributed by atoms with van der Waals surface area (Å²) in [4.78, 5) is 0. The molecule has 0 radical (unpaired) electrons. The Kier molecular flexibility index (Phi) is 5.64. The number of halogens is 1. The average molecular weight is 251 g/mol. The van der Waals surface area contributed by atoms with Crippen LogP contribution in [0.2, 0.25) is 25.2 Å². The fourth-order valence-electron chi connectivity index (χ4n) is 0.913. The molecule has 11 heavy (non-hydrogen) atoms. The second-order valence-electron chi connectivity index (χ2n) is 3.89. The predicted molar refractivity (Wildman–Crippen MR) is 64.0 cm³/mol.